The van der Waals surface area contributed by atoms with Gasteiger partial charge in [0, 0.05) is 23.5 Å². The Bertz CT molecular complexity index is 923. The monoisotopic (exact) mass is 359 g/mol. The van der Waals surface area contributed by atoms with Crippen LogP contribution in [0.4, 0.5) is 31.9 Å². The second-order valence-corrected chi connectivity index (χ2v) is 5.11. The maximum absolute atomic E-state index is 13.3. The van der Waals surface area contributed by atoms with Crippen LogP contribution in [0.25, 0.3) is 0 Å². The molecule has 0 unspecified atom stereocenters. The number of aromatic nitrogens is 3. The summed E-state index contributed by atoms with van der Waals surface area (Å²) in [5, 5.41) is 13.5. The van der Waals surface area contributed by atoms with E-state index in [-0.39, 0.29) is 5.95 Å². The quantitative estimate of drug-likeness (QED) is 0.695. The molecule has 1 heterocycles. The fourth-order valence-corrected chi connectivity index (χ4v) is 2.18. The molecule has 0 aliphatic rings. The van der Waals surface area contributed by atoms with Crippen molar-refractivity contribution in [1.29, 1.82) is 0 Å². The lowest BCUT2D eigenvalue weighted by molar-refractivity contribution is 0.355. The molecule has 134 valence electrons. The highest BCUT2D eigenvalue weighted by Gasteiger charge is 2.08. The average molecular weight is 359 g/mol. The minimum atomic E-state index is -0.958. The van der Waals surface area contributed by atoms with Gasteiger partial charge in [-0.05, 0) is 24.3 Å². The molecule has 2 aromatic carbocycles. The largest absolute Gasteiger partial charge is 0.493 e. The zero-order valence-electron chi connectivity index (χ0n) is 14.0. The van der Waals surface area contributed by atoms with Crippen LogP contribution in [0.1, 0.15) is 0 Å². The van der Waals surface area contributed by atoms with E-state index in [2.05, 4.69) is 25.8 Å². The van der Waals surface area contributed by atoms with Crippen LogP contribution in [0.15, 0.2) is 42.6 Å². The molecule has 0 saturated carbocycles. The van der Waals surface area contributed by atoms with E-state index in [0.717, 1.165) is 12.1 Å². The SMILES string of the molecule is COc1ccc(Nc2nncc(Nc3ccc(F)c(F)c3)n2)cc1OC. The second-order valence-electron chi connectivity index (χ2n) is 5.11. The van der Waals surface area contributed by atoms with E-state index in [1.165, 1.54) is 19.4 Å². The lowest BCUT2D eigenvalue weighted by atomic mass is 10.3. The van der Waals surface area contributed by atoms with E-state index < -0.39 is 11.6 Å². The molecule has 0 radical (unpaired) electrons. The van der Waals surface area contributed by atoms with Crippen LogP contribution >= 0.6 is 0 Å². The first kappa shape index (κ1) is 17.3. The van der Waals surface area contributed by atoms with Gasteiger partial charge in [-0.3, -0.25) is 0 Å². The number of anilines is 4. The molecule has 0 amide bonds. The van der Waals surface area contributed by atoms with Crippen molar-refractivity contribution in [3.8, 4) is 11.5 Å². The predicted octanol–water partition coefficient (Wildman–Crippen LogP) is 3.65. The van der Waals surface area contributed by atoms with E-state index in [1.807, 2.05) is 0 Å². The molecule has 7 nitrogen and oxygen atoms in total. The van der Waals surface area contributed by atoms with Crippen molar-refractivity contribution in [2.75, 3.05) is 24.9 Å². The summed E-state index contributed by atoms with van der Waals surface area (Å²) in [5.74, 6) is -0.223. The van der Waals surface area contributed by atoms with Crippen LogP contribution in [0.3, 0.4) is 0 Å². The Morgan fingerprint density at radius 3 is 2.31 bits per heavy atom. The smallest absolute Gasteiger partial charge is 0.249 e. The molecule has 9 heteroatoms. The van der Waals surface area contributed by atoms with Crippen LogP contribution in [-0.2, 0) is 0 Å². The third-order valence-electron chi connectivity index (χ3n) is 3.39. The second kappa shape index (κ2) is 7.60. The number of methoxy groups -OCH3 is 2. The van der Waals surface area contributed by atoms with Crippen molar-refractivity contribution < 1.29 is 18.3 Å². The molecular weight excluding hydrogens is 344 g/mol. The van der Waals surface area contributed by atoms with Gasteiger partial charge in [-0.25, -0.2) is 8.78 Å². The van der Waals surface area contributed by atoms with Crippen LogP contribution in [0.2, 0.25) is 0 Å². The summed E-state index contributed by atoms with van der Waals surface area (Å²) >= 11 is 0. The highest BCUT2D eigenvalue weighted by Crippen LogP contribution is 2.30. The van der Waals surface area contributed by atoms with Gasteiger partial charge in [0.1, 0.15) is 0 Å². The van der Waals surface area contributed by atoms with Crippen LogP contribution < -0.4 is 20.1 Å². The number of nitrogens with one attached hydrogen (secondary N) is 2. The minimum absolute atomic E-state index is 0.213. The molecule has 0 saturated heterocycles. The molecule has 3 rings (SSSR count). The number of benzene rings is 2. The predicted molar refractivity (Wildman–Crippen MR) is 92.3 cm³/mol. The van der Waals surface area contributed by atoms with Crippen LogP contribution in [-0.4, -0.2) is 29.4 Å². The zero-order valence-corrected chi connectivity index (χ0v) is 14.0. The molecule has 2 N–H and O–H groups in total. The van der Waals surface area contributed by atoms with Crippen LogP contribution in [0, 0.1) is 11.6 Å². The summed E-state index contributed by atoms with van der Waals surface area (Å²) in [7, 11) is 3.08. The van der Waals surface area contributed by atoms with E-state index in [4.69, 9.17) is 9.47 Å². The van der Waals surface area contributed by atoms with Crippen molar-refractivity contribution in [3.05, 3.63) is 54.2 Å². The Labute approximate surface area is 148 Å². The summed E-state index contributed by atoms with van der Waals surface area (Å²) in [5.41, 5.74) is 0.996. The molecule has 0 bridgehead atoms. The fourth-order valence-electron chi connectivity index (χ4n) is 2.18. The molecular formula is C17H15F2N5O2. The third kappa shape index (κ3) is 3.94. The lowest BCUT2D eigenvalue weighted by Crippen LogP contribution is -2.03. The van der Waals surface area contributed by atoms with E-state index >= 15 is 0 Å². The van der Waals surface area contributed by atoms with E-state index in [9.17, 15) is 8.78 Å². The Morgan fingerprint density at radius 2 is 1.58 bits per heavy atom. The number of nitrogens with zero attached hydrogens (tertiary/aromatic N) is 3. The van der Waals surface area contributed by atoms with Gasteiger partial charge in [0.15, 0.2) is 29.0 Å². The molecule has 0 aliphatic carbocycles. The van der Waals surface area contributed by atoms with Gasteiger partial charge in [0.2, 0.25) is 5.95 Å². The summed E-state index contributed by atoms with van der Waals surface area (Å²) in [6, 6.07) is 8.66. The van der Waals surface area contributed by atoms with Gasteiger partial charge >= 0.3 is 0 Å². The maximum atomic E-state index is 13.3. The summed E-state index contributed by atoms with van der Waals surface area (Å²) in [6.07, 6.45) is 1.36. The molecule has 26 heavy (non-hydrogen) atoms. The van der Waals surface area contributed by atoms with Gasteiger partial charge in [-0.2, -0.15) is 10.1 Å². The first-order chi connectivity index (χ1) is 12.6. The Kier molecular flexibility index (Phi) is 5.07. The first-order valence-corrected chi connectivity index (χ1v) is 7.50. The highest BCUT2D eigenvalue weighted by molar-refractivity contribution is 5.61. The van der Waals surface area contributed by atoms with E-state index in [1.54, 1.807) is 25.3 Å². The average Bonchev–Trinajstić information content (AvgIpc) is 2.65. The Hall–Kier alpha value is -3.49. The molecule has 0 aliphatic heterocycles. The first-order valence-electron chi connectivity index (χ1n) is 7.50. The molecule has 3 aromatic rings. The van der Waals surface area contributed by atoms with Crippen molar-refractivity contribution in [3.63, 3.8) is 0 Å². The standard InChI is InChI=1S/C17H15F2N5O2/c1-25-14-6-4-11(8-15(14)26-2)22-17-23-16(9-20-24-17)21-10-3-5-12(18)13(19)7-10/h3-9H,1-2H3,(H2,21,22,23,24). The topological polar surface area (TPSA) is 81.2 Å². The zero-order chi connectivity index (χ0) is 18.5. The summed E-state index contributed by atoms with van der Waals surface area (Å²) < 4.78 is 36.7. The number of hydrogen-bond acceptors (Lipinski definition) is 7. The minimum Gasteiger partial charge on any atom is -0.493 e. The van der Waals surface area contributed by atoms with Gasteiger partial charge in [0.05, 0.1) is 20.4 Å². The molecule has 0 fully saturated rings. The number of halogens is 2. The highest BCUT2D eigenvalue weighted by atomic mass is 19.2. The van der Waals surface area contributed by atoms with Crippen molar-refractivity contribution in [2.45, 2.75) is 0 Å². The lowest BCUT2D eigenvalue weighted by Gasteiger charge is -2.11. The summed E-state index contributed by atoms with van der Waals surface area (Å²) in [4.78, 5) is 4.23. The number of hydrogen-bond donors (Lipinski definition) is 2. The number of rotatable bonds is 6. The van der Waals surface area contributed by atoms with Crippen molar-refractivity contribution in [2.24, 2.45) is 0 Å². The van der Waals surface area contributed by atoms with Gasteiger partial charge in [-0.15, -0.1) is 5.10 Å². The van der Waals surface area contributed by atoms with E-state index in [0.29, 0.717) is 28.7 Å². The Morgan fingerprint density at radius 1 is 0.846 bits per heavy atom. The summed E-state index contributed by atoms with van der Waals surface area (Å²) in [6.45, 7) is 0. The number of ether oxygens (including phenoxy) is 2. The van der Waals surface area contributed by atoms with Crippen molar-refractivity contribution in [1.82, 2.24) is 15.2 Å². The van der Waals surface area contributed by atoms with Crippen molar-refractivity contribution >= 4 is 23.1 Å². The third-order valence-corrected chi connectivity index (χ3v) is 3.39. The van der Waals surface area contributed by atoms with Gasteiger partial charge in [-0.1, -0.05) is 0 Å². The molecule has 0 spiro atoms. The molecule has 0 atom stereocenters. The van der Waals surface area contributed by atoms with Crippen LogP contribution in [0.5, 0.6) is 11.5 Å². The maximum Gasteiger partial charge on any atom is 0.249 e. The van der Waals surface area contributed by atoms with Gasteiger partial charge < -0.3 is 20.1 Å². The molecule has 1 aromatic heterocycles. The van der Waals surface area contributed by atoms with Gasteiger partial charge in [0.25, 0.3) is 0 Å². The fraction of sp³-hybridized carbons (Fsp3) is 0.118. The Balaban J connectivity index is 1.78. The normalized spacial score (nSPS) is 10.3.